The Bertz CT molecular complexity index is 787. The highest BCUT2D eigenvalue weighted by molar-refractivity contribution is 5.43. The largest absolute Gasteiger partial charge is 0.491 e. The minimum absolute atomic E-state index is 0.0363. The highest BCUT2D eigenvalue weighted by Gasteiger charge is 2.21. The Balaban J connectivity index is 1.91. The van der Waals surface area contributed by atoms with E-state index >= 15 is 0 Å². The Kier molecular flexibility index (Phi) is 7.08. The summed E-state index contributed by atoms with van der Waals surface area (Å²) in [5.74, 6) is 2.42. The topological polar surface area (TPSA) is 92.3 Å². The van der Waals surface area contributed by atoms with Crippen LogP contribution in [0.2, 0.25) is 0 Å². The molecule has 1 heterocycles. The van der Waals surface area contributed by atoms with Crippen molar-refractivity contribution < 1.29 is 29.2 Å². The molecule has 0 amide bonds. The van der Waals surface area contributed by atoms with Crippen molar-refractivity contribution in [2.45, 2.75) is 12.5 Å². The quantitative estimate of drug-likeness (QED) is 0.498. The van der Waals surface area contributed by atoms with Gasteiger partial charge in [0.2, 0.25) is 0 Å². The summed E-state index contributed by atoms with van der Waals surface area (Å²) in [6.07, 6.45) is 0. The molecule has 1 aromatic heterocycles. The molecule has 3 rings (SSSR count). The minimum Gasteiger partial charge on any atom is -0.491 e. The minimum atomic E-state index is -0.168. The van der Waals surface area contributed by atoms with Crippen molar-refractivity contribution in [1.29, 1.82) is 0 Å². The number of aliphatic hydroxyl groups excluding tert-OH is 3. The third-order valence-corrected chi connectivity index (χ3v) is 4.27. The first-order valence-corrected chi connectivity index (χ1v) is 9.12. The van der Waals surface area contributed by atoms with Gasteiger partial charge in [0.15, 0.2) is 0 Å². The van der Waals surface area contributed by atoms with Crippen molar-refractivity contribution >= 4 is 0 Å². The summed E-state index contributed by atoms with van der Waals surface area (Å²) >= 11 is 0. The lowest BCUT2D eigenvalue weighted by atomic mass is 9.89. The lowest BCUT2D eigenvalue weighted by molar-refractivity contribution is 0.201. The van der Waals surface area contributed by atoms with Gasteiger partial charge in [0.25, 0.3) is 0 Å². The van der Waals surface area contributed by atoms with Crippen LogP contribution in [0.1, 0.15) is 28.6 Å². The smallest absolute Gasteiger partial charge is 0.129 e. The zero-order valence-electron chi connectivity index (χ0n) is 15.5. The molecule has 3 aromatic rings. The number of benzene rings is 2. The van der Waals surface area contributed by atoms with Gasteiger partial charge in [-0.15, -0.1) is 0 Å². The Morgan fingerprint density at radius 2 is 1.18 bits per heavy atom. The fraction of sp³-hybridized carbons (Fsp3) is 0.273. The lowest BCUT2D eigenvalue weighted by Gasteiger charge is -2.17. The first-order valence-electron chi connectivity index (χ1n) is 9.12. The van der Waals surface area contributed by atoms with Gasteiger partial charge >= 0.3 is 0 Å². The van der Waals surface area contributed by atoms with E-state index in [1.807, 2.05) is 54.6 Å². The number of hydrogen-bond donors (Lipinski definition) is 3. The van der Waals surface area contributed by atoms with E-state index in [1.165, 1.54) is 0 Å². The van der Waals surface area contributed by atoms with Gasteiger partial charge in [0, 0.05) is 0 Å². The third-order valence-electron chi connectivity index (χ3n) is 4.27. The molecular weight excluding hydrogens is 360 g/mol. The molecule has 0 fully saturated rings. The molecular formula is C22H24O6. The Morgan fingerprint density at radius 3 is 1.57 bits per heavy atom. The molecule has 0 saturated heterocycles. The van der Waals surface area contributed by atoms with Crippen molar-refractivity contribution in [3.63, 3.8) is 0 Å². The van der Waals surface area contributed by atoms with E-state index in [4.69, 9.17) is 24.1 Å². The number of furan rings is 1. The summed E-state index contributed by atoms with van der Waals surface area (Å²) in [7, 11) is 0. The summed E-state index contributed by atoms with van der Waals surface area (Å²) in [6, 6.07) is 18.9. The monoisotopic (exact) mass is 384 g/mol. The average molecular weight is 384 g/mol. The maximum Gasteiger partial charge on any atom is 0.129 e. The summed E-state index contributed by atoms with van der Waals surface area (Å²) in [5.41, 5.74) is 2.00. The molecule has 0 radical (unpaired) electrons. The fourth-order valence-corrected chi connectivity index (χ4v) is 3.00. The molecule has 148 valence electrons. The van der Waals surface area contributed by atoms with Crippen LogP contribution in [0.15, 0.2) is 65.1 Å². The van der Waals surface area contributed by atoms with Crippen LogP contribution in [-0.2, 0) is 6.61 Å². The van der Waals surface area contributed by atoms with Gasteiger partial charge in [-0.25, -0.2) is 0 Å². The molecule has 2 aromatic carbocycles. The Morgan fingerprint density at radius 1 is 0.679 bits per heavy atom. The second kappa shape index (κ2) is 9.94. The molecule has 0 aliphatic rings. The maximum absolute atomic E-state index is 9.34. The van der Waals surface area contributed by atoms with E-state index in [0.717, 1.165) is 16.9 Å². The fourth-order valence-electron chi connectivity index (χ4n) is 3.00. The molecule has 28 heavy (non-hydrogen) atoms. The van der Waals surface area contributed by atoms with Gasteiger partial charge in [-0.1, -0.05) is 24.3 Å². The highest BCUT2D eigenvalue weighted by Crippen LogP contribution is 2.34. The van der Waals surface area contributed by atoms with Gasteiger partial charge in [0.05, 0.1) is 19.1 Å². The normalized spacial score (nSPS) is 11.0. The third kappa shape index (κ3) is 4.92. The summed E-state index contributed by atoms with van der Waals surface area (Å²) in [6.45, 7) is 0.262. The number of aliphatic hydroxyl groups is 3. The predicted molar refractivity (Wildman–Crippen MR) is 104 cm³/mol. The molecule has 0 unspecified atom stereocenters. The Hall–Kier alpha value is -2.80. The van der Waals surface area contributed by atoms with Crippen molar-refractivity contribution in [3.8, 4) is 11.5 Å². The molecule has 3 N–H and O–H groups in total. The lowest BCUT2D eigenvalue weighted by Crippen LogP contribution is -2.05. The van der Waals surface area contributed by atoms with E-state index in [1.54, 1.807) is 6.07 Å². The van der Waals surface area contributed by atoms with E-state index in [0.29, 0.717) is 17.3 Å². The predicted octanol–water partition coefficient (Wildman–Crippen LogP) is 2.69. The zero-order chi connectivity index (χ0) is 19.8. The molecule has 0 aliphatic carbocycles. The standard InChI is InChI=1S/C22H24O6/c23-11-13-26-18-5-1-16(2-6-18)22(21-10-9-20(15-25)28-21)17-3-7-19(8-4-17)27-14-12-24/h1-10,22-25H,11-15H2. The highest BCUT2D eigenvalue weighted by atomic mass is 16.5. The van der Waals surface area contributed by atoms with Crippen LogP contribution in [0.3, 0.4) is 0 Å². The van der Waals surface area contributed by atoms with Crippen LogP contribution in [0.4, 0.5) is 0 Å². The molecule has 0 saturated carbocycles. The first kappa shape index (κ1) is 19.9. The number of ether oxygens (including phenoxy) is 2. The summed E-state index contributed by atoms with van der Waals surface area (Å²) in [5, 5.41) is 27.1. The van der Waals surface area contributed by atoms with E-state index < -0.39 is 0 Å². The van der Waals surface area contributed by atoms with Crippen molar-refractivity contribution in [2.75, 3.05) is 26.4 Å². The van der Waals surface area contributed by atoms with Crippen LogP contribution < -0.4 is 9.47 Å². The van der Waals surface area contributed by atoms with Crippen molar-refractivity contribution in [2.24, 2.45) is 0 Å². The molecule has 0 aliphatic heterocycles. The second-order valence-electron chi connectivity index (χ2n) is 6.18. The molecule has 6 nitrogen and oxygen atoms in total. The maximum atomic E-state index is 9.34. The second-order valence-corrected chi connectivity index (χ2v) is 6.18. The number of hydrogen-bond acceptors (Lipinski definition) is 6. The van der Waals surface area contributed by atoms with Crippen LogP contribution >= 0.6 is 0 Å². The van der Waals surface area contributed by atoms with Crippen molar-refractivity contribution in [1.82, 2.24) is 0 Å². The molecule has 0 bridgehead atoms. The zero-order valence-corrected chi connectivity index (χ0v) is 15.5. The van der Waals surface area contributed by atoms with Crippen LogP contribution in [0.5, 0.6) is 11.5 Å². The van der Waals surface area contributed by atoms with Crippen LogP contribution in [0.25, 0.3) is 0 Å². The molecule has 6 heteroatoms. The van der Waals surface area contributed by atoms with Crippen LogP contribution in [0, 0.1) is 0 Å². The van der Waals surface area contributed by atoms with Crippen molar-refractivity contribution in [3.05, 3.63) is 83.3 Å². The average Bonchev–Trinajstić information content (AvgIpc) is 3.21. The molecule has 0 spiro atoms. The summed E-state index contributed by atoms with van der Waals surface area (Å²) in [4.78, 5) is 0. The van der Waals surface area contributed by atoms with Gasteiger partial charge in [-0.2, -0.15) is 0 Å². The van der Waals surface area contributed by atoms with Gasteiger partial charge < -0.3 is 29.2 Å². The van der Waals surface area contributed by atoms with Gasteiger partial charge in [-0.05, 0) is 47.5 Å². The number of rotatable bonds is 10. The van der Waals surface area contributed by atoms with Gasteiger partial charge in [0.1, 0.15) is 42.8 Å². The molecule has 0 atom stereocenters. The summed E-state index contributed by atoms with van der Waals surface area (Å²) < 4.78 is 16.7. The first-order chi connectivity index (χ1) is 13.7. The van der Waals surface area contributed by atoms with E-state index in [9.17, 15) is 5.11 Å². The van der Waals surface area contributed by atoms with E-state index in [2.05, 4.69) is 0 Å². The SMILES string of the molecule is OCCOc1ccc(C(c2ccc(OCCO)cc2)c2ccc(CO)o2)cc1. The van der Waals surface area contributed by atoms with E-state index in [-0.39, 0.29) is 39.0 Å². The Labute approximate surface area is 163 Å². The van der Waals surface area contributed by atoms with Crippen LogP contribution in [-0.4, -0.2) is 41.7 Å². The van der Waals surface area contributed by atoms with Gasteiger partial charge in [-0.3, -0.25) is 0 Å².